The van der Waals surface area contributed by atoms with Crippen molar-refractivity contribution in [3.8, 4) is 44.5 Å². The van der Waals surface area contributed by atoms with Crippen LogP contribution in [0.25, 0.3) is 88.4 Å². The SMILES string of the molecule is CCCCCCCC1(CCCCCCC)c2cc(N(c3ccc4c(c3)C(c3ccccc3)(c3ccccc3)c3cc5c(cc3-4)C(c3ccccc3)(c3ccccc3)c3ccc4oc6ccccc6c4c3-5)c3ccccn3)ccc2-c2c1c1c(c3c2oc2ccccc23)-c2ccccc2C1(CCCCCCC)CCCCCCC. The number of furan rings is 2. The van der Waals surface area contributed by atoms with E-state index in [4.69, 9.17) is 13.8 Å². The molecule has 3 heterocycles. The molecule has 564 valence electrons. The number of unbranched alkanes of at least 4 members (excludes halogenated alkanes) is 16. The standard InChI is InChI=1S/C109H106N2O2/c1-5-9-13-17-40-66-106(67-41-18-14-10-6-2)88-56-36-33-53-82(88)100-101-85-55-35-38-58-95(85)113-105(101)102-83-63-61-79(71-90(83)107(104(102)103(100)106,68-42-19-15-11-7-3)69-43-20-16-12-8-4)111(97-59-39-44-70-110-97)80-60-62-81-86-73-93-87(74-92(86)109(91(81)72-80,77-49-29-23-30-50-77)78-51-31-24-32-52-78)98-89(64-65-96-99(98)84-54-34-37-57-94(84)112-96)108(93,75-45-25-21-26-46-75)76-47-27-22-28-48-76/h21-39,44-65,70-74H,5-20,40-43,66-69H2,1-4H3. The highest BCUT2D eigenvalue weighted by atomic mass is 16.3. The quantitative estimate of drug-likeness (QED) is 0.0406. The van der Waals surface area contributed by atoms with Crippen molar-refractivity contribution in [2.45, 2.75) is 203 Å². The molecule has 0 unspecified atom stereocenters. The van der Waals surface area contributed by atoms with Gasteiger partial charge in [-0.2, -0.15) is 0 Å². The monoisotopic (exact) mass is 1470 g/mol. The average molecular weight is 1480 g/mol. The molecule has 0 amide bonds. The maximum Gasteiger partial charge on any atom is 0.144 e. The molecule has 0 aliphatic heterocycles. The maximum atomic E-state index is 7.70. The van der Waals surface area contributed by atoms with E-state index in [2.05, 4.69) is 306 Å². The van der Waals surface area contributed by atoms with Gasteiger partial charge in [0.15, 0.2) is 0 Å². The number of nitrogens with zero attached hydrogens (tertiary/aromatic N) is 2. The molecular weight excluding hydrogens is 1370 g/mol. The van der Waals surface area contributed by atoms with Crippen molar-refractivity contribution in [2.24, 2.45) is 0 Å². The topological polar surface area (TPSA) is 42.4 Å². The number of fused-ring (bicyclic) bond motifs is 22. The lowest BCUT2D eigenvalue weighted by molar-refractivity contribution is 0.369. The Morgan fingerprint density at radius 1 is 0.283 bits per heavy atom. The van der Waals surface area contributed by atoms with E-state index in [1.807, 2.05) is 6.20 Å². The van der Waals surface area contributed by atoms with Crippen LogP contribution in [0.2, 0.25) is 0 Å². The number of benzene rings is 12. The van der Waals surface area contributed by atoms with Gasteiger partial charge < -0.3 is 8.83 Å². The summed E-state index contributed by atoms with van der Waals surface area (Å²) in [6.45, 7) is 9.48. The van der Waals surface area contributed by atoms with Crippen molar-refractivity contribution in [1.82, 2.24) is 4.98 Å². The molecule has 0 saturated carbocycles. The Labute approximate surface area is 669 Å². The number of rotatable bonds is 31. The Bertz CT molecular complexity index is 5860. The molecule has 0 saturated heterocycles. The van der Waals surface area contributed by atoms with Crippen LogP contribution in [0, 0.1) is 0 Å². The van der Waals surface area contributed by atoms with E-state index in [9.17, 15) is 0 Å². The van der Waals surface area contributed by atoms with Gasteiger partial charge in [0.25, 0.3) is 0 Å². The Kier molecular flexibility index (Phi) is 19.6. The highest BCUT2D eigenvalue weighted by Gasteiger charge is 2.56. The van der Waals surface area contributed by atoms with Gasteiger partial charge in [0.05, 0.1) is 10.8 Å². The third kappa shape index (κ3) is 11.6. The van der Waals surface area contributed by atoms with Gasteiger partial charge >= 0.3 is 0 Å². The number of hydrogen-bond acceptors (Lipinski definition) is 4. The second-order valence-electron chi connectivity index (χ2n) is 33.5. The van der Waals surface area contributed by atoms with Gasteiger partial charge in [0.1, 0.15) is 28.1 Å². The third-order valence-corrected chi connectivity index (χ3v) is 27.2. The van der Waals surface area contributed by atoms with Gasteiger partial charge in [-0.25, -0.2) is 4.98 Å². The molecule has 3 aromatic heterocycles. The summed E-state index contributed by atoms with van der Waals surface area (Å²) < 4.78 is 14.6. The zero-order chi connectivity index (χ0) is 76.1. The minimum absolute atomic E-state index is 0.179. The van der Waals surface area contributed by atoms with E-state index < -0.39 is 10.8 Å². The predicted octanol–water partition coefficient (Wildman–Crippen LogP) is 31.1. The van der Waals surface area contributed by atoms with Crippen molar-refractivity contribution in [3.05, 3.63) is 346 Å². The van der Waals surface area contributed by atoms with Crippen molar-refractivity contribution < 1.29 is 8.83 Å². The van der Waals surface area contributed by atoms with Crippen molar-refractivity contribution >= 4 is 61.1 Å². The largest absolute Gasteiger partial charge is 0.456 e. The molecule has 0 spiro atoms. The molecule has 4 aliphatic carbocycles. The zero-order valence-corrected chi connectivity index (χ0v) is 66.7. The zero-order valence-electron chi connectivity index (χ0n) is 66.7. The fraction of sp³-hybridized carbons (Fsp3) is 0.294. The Balaban J connectivity index is 0.875. The molecule has 0 radical (unpaired) electrons. The minimum atomic E-state index is -0.788. The molecule has 0 bridgehead atoms. The minimum Gasteiger partial charge on any atom is -0.456 e. The van der Waals surface area contributed by atoms with Gasteiger partial charge in [0.2, 0.25) is 0 Å². The van der Waals surface area contributed by atoms with E-state index in [0.29, 0.717) is 0 Å². The lowest BCUT2D eigenvalue weighted by atomic mass is 9.62. The molecule has 12 aromatic carbocycles. The summed E-state index contributed by atoms with van der Waals surface area (Å²) in [6, 6.07) is 105. The summed E-state index contributed by atoms with van der Waals surface area (Å²) in [5, 5.41) is 4.83. The summed E-state index contributed by atoms with van der Waals surface area (Å²) in [7, 11) is 0. The molecule has 15 aromatic rings. The normalized spacial score (nSPS) is 14.6. The lowest BCUT2D eigenvalue weighted by Gasteiger charge is -2.40. The maximum absolute atomic E-state index is 7.70. The Morgan fingerprint density at radius 3 is 1.26 bits per heavy atom. The summed E-state index contributed by atoms with van der Waals surface area (Å²) in [5.41, 5.74) is 30.8. The first-order valence-electron chi connectivity index (χ1n) is 43.4. The van der Waals surface area contributed by atoms with Gasteiger partial charge in [-0.05, 0) is 198 Å². The van der Waals surface area contributed by atoms with E-state index in [-0.39, 0.29) is 10.8 Å². The molecule has 0 N–H and O–H groups in total. The van der Waals surface area contributed by atoms with E-state index >= 15 is 0 Å². The third-order valence-electron chi connectivity index (χ3n) is 27.2. The highest BCUT2D eigenvalue weighted by Crippen LogP contribution is 2.69. The molecule has 0 atom stereocenters. The smallest absolute Gasteiger partial charge is 0.144 e. The van der Waals surface area contributed by atoms with Crippen LogP contribution in [0.3, 0.4) is 0 Å². The highest BCUT2D eigenvalue weighted by molar-refractivity contribution is 6.21. The Hall–Kier alpha value is -10.8. The van der Waals surface area contributed by atoms with Crippen LogP contribution < -0.4 is 4.90 Å². The van der Waals surface area contributed by atoms with Crippen LogP contribution in [-0.2, 0) is 21.7 Å². The van der Waals surface area contributed by atoms with E-state index in [0.717, 1.165) is 88.8 Å². The predicted molar refractivity (Wildman–Crippen MR) is 474 cm³/mol. The second-order valence-corrected chi connectivity index (χ2v) is 33.5. The fourth-order valence-electron chi connectivity index (χ4n) is 22.3. The molecule has 4 aliphatic rings. The van der Waals surface area contributed by atoms with Gasteiger partial charge in [0, 0.05) is 55.5 Å². The first-order valence-corrected chi connectivity index (χ1v) is 43.4. The van der Waals surface area contributed by atoms with Crippen LogP contribution in [0.15, 0.2) is 288 Å². The van der Waals surface area contributed by atoms with E-state index in [1.165, 1.54) is 221 Å². The number of anilines is 3. The molecule has 4 heteroatoms. The average Bonchev–Trinajstić information content (AvgIpc) is 1.49. The number of hydrogen-bond donors (Lipinski definition) is 0. The molecule has 113 heavy (non-hydrogen) atoms. The Morgan fingerprint density at radius 2 is 0.708 bits per heavy atom. The van der Waals surface area contributed by atoms with Crippen LogP contribution in [0.5, 0.6) is 0 Å². The fourth-order valence-corrected chi connectivity index (χ4v) is 22.3. The summed E-state index contributed by atoms with van der Waals surface area (Å²) in [6.07, 6.45) is 31.2. The molecule has 0 fully saturated rings. The first kappa shape index (κ1) is 72.4. The van der Waals surface area contributed by atoms with Crippen LogP contribution in [0.1, 0.15) is 249 Å². The first-order chi connectivity index (χ1) is 55.9. The van der Waals surface area contributed by atoms with Crippen molar-refractivity contribution in [2.75, 3.05) is 4.90 Å². The summed E-state index contributed by atoms with van der Waals surface area (Å²) in [5.74, 6) is 0.886. The number of aromatic nitrogens is 1. The second kappa shape index (κ2) is 30.6. The van der Waals surface area contributed by atoms with Crippen LogP contribution in [-0.4, -0.2) is 4.98 Å². The van der Waals surface area contributed by atoms with Crippen LogP contribution in [0.4, 0.5) is 17.2 Å². The lowest BCUT2D eigenvalue weighted by Crippen LogP contribution is -2.33. The van der Waals surface area contributed by atoms with Gasteiger partial charge in [-0.15, -0.1) is 0 Å². The van der Waals surface area contributed by atoms with Gasteiger partial charge in [-0.1, -0.05) is 362 Å². The molecule has 19 rings (SSSR count). The van der Waals surface area contributed by atoms with Gasteiger partial charge in [-0.3, -0.25) is 4.90 Å². The number of para-hydroxylation sites is 2. The molecule has 4 nitrogen and oxygen atoms in total. The van der Waals surface area contributed by atoms with Crippen LogP contribution >= 0.6 is 0 Å². The number of pyridine rings is 1. The summed E-state index contributed by atoms with van der Waals surface area (Å²) >= 11 is 0. The van der Waals surface area contributed by atoms with Crippen molar-refractivity contribution in [3.63, 3.8) is 0 Å². The molecular formula is C109H106N2O2. The summed E-state index contributed by atoms with van der Waals surface area (Å²) in [4.78, 5) is 8.00. The van der Waals surface area contributed by atoms with Crippen molar-refractivity contribution in [1.29, 1.82) is 0 Å². The van der Waals surface area contributed by atoms with E-state index in [1.54, 1.807) is 16.7 Å².